The van der Waals surface area contributed by atoms with Crippen LogP contribution < -0.4 is 5.32 Å². The average molecular weight is 404 g/mol. The number of nitrogens with one attached hydrogen (secondary N) is 1. The van der Waals surface area contributed by atoms with Crippen molar-refractivity contribution < 1.29 is 8.78 Å². The molecular weight excluding hydrogens is 382 g/mol. The lowest BCUT2D eigenvalue weighted by atomic mass is 10.1. The first kappa shape index (κ1) is 19.9. The second-order valence-corrected chi connectivity index (χ2v) is 7.38. The summed E-state index contributed by atoms with van der Waals surface area (Å²) in [6, 6.07) is 16.0. The topological polar surface area (TPSA) is 41.0 Å². The van der Waals surface area contributed by atoms with Crippen LogP contribution in [-0.2, 0) is 0 Å². The Balaban J connectivity index is 1.75. The minimum Gasteiger partial charge on any atom is -0.368 e. The van der Waals surface area contributed by atoms with E-state index in [4.69, 9.17) is 0 Å². The summed E-state index contributed by atoms with van der Waals surface area (Å²) in [4.78, 5) is 11.4. The number of hydrogen-bond donors (Lipinski definition) is 1. The standard InChI is InChI=1S/C24H22F2N4/c1-30(2)12-11-27-24-19-14-17-5-3-4-6-18(17)15-22(19)28-23(29-24)10-8-16-7-9-20(25)21(26)13-16/h3-10,13-15H,11-12H2,1-2H3,(H,27,28,29). The van der Waals surface area contributed by atoms with E-state index >= 15 is 0 Å². The Morgan fingerprint density at radius 3 is 2.40 bits per heavy atom. The molecule has 0 unspecified atom stereocenters. The van der Waals surface area contributed by atoms with E-state index in [1.807, 2.05) is 38.4 Å². The van der Waals surface area contributed by atoms with Gasteiger partial charge in [-0.3, -0.25) is 0 Å². The molecule has 0 aliphatic carbocycles. The van der Waals surface area contributed by atoms with E-state index in [1.165, 1.54) is 6.07 Å². The SMILES string of the molecule is CN(C)CCNc1nc(C=Cc2ccc(F)c(F)c2)nc2cc3ccccc3cc12. The normalized spacial score (nSPS) is 11.8. The Kier molecular flexibility index (Phi) is 5.68. The number of benzene rings is 3. The summed E-state index contributed by atoms with van der Waals surface area (Å²) in [5.74, 6) is -0.505. The number of nitrogens with zero attached hydrogens (tertiary/aromatic N) is 3. The van der Waals surface area contributed by atoms with E-state index in [9.17, 15) is 8.78 Å². The molecule has 0 amide bonds. The van der Waals surface area contributed by atoms with Gasteiger partial charge in [0.2, 0.25) is 0 Å². The van der Waals surface area contributed by atoms with Gasteiger partial charge in [0.25, 0.3) is 0 Å². The van der Waals surface area contributed by atoms with Crippen LogP contribution in [0.1, 0.15) is 11.4 Å². The van der Waals surface area contributed by atoms with E-state index in [-0.39, 0.29) is 0 Å². The predicted molar refractivity (Wildman–Crippen MR) is 119 cm³/mol. The monoisotopic (exact) mass is 404 g/mol. The molecule has 0 aliphatic rings. The lowest BCUT2D eigenvalue weighted by Gasteiger charge is -2.13. The van der Waals surface area contributed by atoms with Crippen LogP contribution in [0.15, 0.2) is 54.6 Å². The van der Waals surface area contributed by atoms with Crippen molar-refractivity contribution in [1.29, 1.82) is 0 Å². The summed E-state index contributed by atoms with van der Waals surface area (Å²) in [7, 11) is 4.03. The maximum atomic E-state index is 13.5. The van der Waals surface area contributed by atoms with Crippen molar-refractivity contribution in [1.82, 2.24) is 14.9 Å². The van der Waals surface area contributed by atoms with Gasteiger partial charge in [-0.25, -0.2) is 18.7 Å². The number of hydrogen-bond acceptors (Lipinski definition) is 4. The van der Waals surface area contributed by atoms with Crippen LogP contribution in [0.2, 0.25) is 0 Å². The minimum absolute atomic E-state index is 0.495. The van der Waals surface area contributed by atoms with E-state index < -0.39 is 11.6 Å². The Labute approximate surface area is 173 Å². The fourth-order valence-electron chi connectivity index (χ4n) is 3.23. The van der Waals surface area contributed by atoms with E-state index in [0.29, 0.717) is 11.4 Å². The quantitative estimate of drug-likeness (QED) is 0.448. The molecule has 1 N–H and O–H groups in total. The van der Waals surface area contributed by atoms with Crippen molar-refractivity contribution in [3.8, 4) is 0 Å². The second-order valence-electron chi connectivity index (χ2n) is 7.38. The average Bonchev–Trinajstić information content (AvgIpc) is 2.73. The largest absolute Gasteiger partial charge is 0.368 e. The highest BCUT2D eigenvalue weighted by atomic mass is 19.2. The molecule has 0 atom stereocenters. The molecule has 4 rings (SSSR count). The number of halogens is 2. The third kappa shape index (κ3) is 4.44. The first-order valence-electron chi connectivity index (χ1n) is 9.72. The molecule has 1 heterocycles. The molecule has 0 bridgehead atoms. The maximum absolute atomic E-state index is 13.5. The zero-order valence-corrected chi connectivity index (χ0v) is 16.9. The highest BCUT2D eigenvalue weighted by molar-refractivity contribution is 6.01. The molecule has 0 radical (unpaired) electrons. The predicted octanol–water partition coefficient (Wildman–Crippen LogP) is 5.21. The van der Waals surface area contributed by atoms with Gasteiger partial charge in [0.1, 0.15) is 5.82 Å². The zero-order chi connectivity index (χ0) is 21.1. The molecule has 0 spiro atoms. The third-order valence-electron chi connectivity index (χ3n) is 4.80. The lowest BCUT2D eigenvalue weighted by molar-refractivity contribution is 0.425. The molecule has 152 valence electrons. The Bertz CT molecular complexity index is 1230. The van der Waals surface area contributed by atoms with Crippen molar-refractivity contribution in [2.45, 2.75) is 0 Å². The van der Waals surface area contributed by atoms with Crippen LogP contribution in [0.4, 0.5) is 14.6 Å². The van der Waals surface area contributed by atoms with Gasteiger partial charge in [0, 0.05) is 18.5 Å². The van der Waals surface area contributed by atoms with Gasteiger partial charge in [-0.15, -0.1) is 0 Å². The van der Waals surface area contributed by atoms with Gasteiger partial charge in [-0.05, 0) is 60.8 Å². The summed E-state index contributed by atoms with van der Waals surface area (Å²) >= 11 is 0. The van der Waals surface area contributed by atoms with Crippen LogP contribution in [0.3, 0.4) is 0 Å². The van der Waals surface area contributed by atoms with Crippen LogP contribution in [0, 0.1) is 11.6 Å². The Morgan fingerprint density at radius 1 is 0.900 bits per heavy atom. The first-order valence-corrected chi connectivity index (χ1v) is 9.72. The smallest absolute Gasteiger partial charge is 0.159 e. The molecule has 30 heavy (non-hydrogen) atoms. The van der Waals surface area contributed by atoms with Crippen molar-refractivity contribution in [3.63, 3.8) is 0 Å². The van der Waals surface area contributed by atoms with Crippen molar-refractivity contribution in [2.75, 3.05) is 32.5 Å². The summed E-state index contributed by atoms with van der Waals surface area (Å²) < 4.78 is 26.6. The van der Waals surface area contributed by atoms with Crippen molar-refractivity contribution in [3.05, 3.63) is 77.6 Å². The fourth-order valence-corrected chi connectivity index (χ4v) is 3.23. The molecule has 4 aromatic rings. The third-order valence-corrected chi connectivity index (χ3v) is 4.80. The van der Waals surface area contributed by atoms with Crippen LogP contribution >= 0.6 is 0 Å². The van der Waals surface area contributed by atoms with E-state index in [0.717, 1.165) is 52.7 Å². The van der Waals surface area contributed by atoms with E-state index in [2.05, 4.69) is 32.3 Å². The molecule has 4 nitrogen and oxygen atoms in total. The van der Waals surface area contributed by atoms with Gasteiger partial charge in [-0.1, -0.05) is 36.4 Å². The number of anilines is 1. The molecule has 0 saturated carbocycles. The summed E-state index contributed by atoms with van der Waals surface area (Å²) in [5.41, 5.74) is 1.36. The van der Waals surface area contributed by atoms with Crippen LogP contribution in [0.5, 0.6) is 0 Å². The van der Waals surface area contributed by atoms with Crippen molar-refractivity contribution >= 4 is 39.6 Å². The van der Waals surface area contributed by atoms with Crippen molar-refractivity contribution in [2.24, 2.45) is 0 Å². The van der Waals surface area contributed by atoms with Gasteiger partial charge < -0.3 is 10.2 Å². The molecule has 0 fully saturated rings. The number of fused-ring (bicyclic) bond motifs is 2. The molecule has 0 aliphatic heterocycles. The zero-order valence-electron chi connectivity index (χ0n) is 16.9. The summed E-state index contributed by atoms with van der Waals surface area (Å²) in [6.07, 6.45) is 3.38. The maximum Gasteiger partial charge on any atom is 0.159 e. The molecule has 6 heteroatoms. The molecule has 3 aromatic carbocycles. The van der Waals surface area contributed by atoms with Crippen LogP contribution in [-0.4, -0.2) is 42.1 Å². The van der Waals surface area contributed by atoms with Gasteiger partial charge in [0.05, 0.1) is 5.52 Å². The Morgan fingerprint density at radius 2 is 1.67 bits per heavy atom. The van der Waals surface area contributed by atoms with Gasteiger partial charge in [-0.2, -0.15) is 0 Å². The second kappa shape index (κ2) is 8.55. The Hall–Kier alpha value is -3.38. The highest BCUT2D eigenvalue weighted by Crippen LogP contribution is 2.27. The number of likely N-dealkylation sites (N-methyl/N-ethyl adjacent to an activating group) is 1. The van der Waals surface area contributed by atoms with E-state index in [1.54, 1.807) is 12.2 Å². The van der Waals surface area contributed by atoms with Gasteiger partial charge in [0.15, 0.2) is 17.5 Å². The van der Waals surface area contributed by atoms with Crippen LogP contribution in [0.25, 0.3) is 33.8 Å². The summed E-state index contributed by atoms with van der Waals surface area (Å²) in [6.45, 7) is 1.59. The summed E-state index contributed by atoms with van der Waals surface area (Å²) in [5, 5.41) is 6.56. The molecule has 0 saturated heterocycles. The fraction of sp³-hybridized carbons (Fsp3) is 0.167. The lowest BCUT2D eigenvalue weighted by Crippen LogP contribution is -2.21. The highest BCUT2D eigenvalue weighted by Gasteiger charge is 2.09. The number of rotatable bonds is 6. The molecular formula is C24H22F2N4. The minimum atomic E-state index is -0.880. The molecule has 1 aromatic heterocycles. The number of aromatic nitrogens is 2. The van der Waals surface area contributed by atoms with Gasteiger partial charge >= 0.3 is 0 Å². The first-order chi connectivity index (χ1) is 14.5.